The van der Waals surface area contributed by atoms with Crippen molar-refractivity contribution >= 4 is 44.9 Å². The Balaban J connectivity index is 1.36. The fourth-order valence-electron chi connectivity index (χ4n) is 3.83. The number of pyridine rings is 1. The minimum atomic E-state index is -0.336. The lowest BCUT2D eigenvalue weighted by Gasteiger charge is -2.34. The Morgan fingerprint density at radius 2 is 1.94 bits per heavy atom. The van der Waals surface area contributed by atoms with Gasteiger partial charge in [-0.3, -0.25) is 9.20 Å². The smallest absolute Gasteiger partial charge is 0.285 e. The molecule has 5 heterocycles. The van der Waals surface area contributed by atoms with Gasteiger partial charge in [0.15, 0.2) is 10.8 Å². The normalized spacial score (nSPS) is 14.9. The molecule has 10 nitrogen and oxygen atoms in total. The van der Waals surface area contributed by atoms with Gasteiger partial charge >= 0.3 is 0 Å². The predicted octanol–water partition coefficient (Wildman–Crippen LogP) is 2.45. The van der Waals surface area contributed by atoms with Crippen LogP contribution in [-0.2, 0) is 0 Å². The number of rotatable bonds is 5. The number of nitrogens with zero attached hydrogens (tertiary/aromatic N) is 7. The molecule has 32 heavy (non-hydrogen) atoms. The number of thiazole rings is 1. The van der Waals surface area contributed by atoms with Gasteiger partial charge in [0.25, 0.3) is 11.8 Å². The predicted molar refractivity (Wildman–Crippen MR) is 124 cm³/mol. The van der Waals surface area contributed by atoms with Crippen molar-refractivity contribution in [2.75, 3.05) is 50.1 Å². The number of carbonyl (C=O) groups excluding carboxylic acids is 1. The molecule has 1 saturated heterocycles. The monoisotopic (exact) mass is 452 g/mol. The lowest BCUT2D eigenvalue weighted by molar-refractivity contribution is 0.102. The highest BCUT2D eigenvalue weighted by atomic mass is 32.1. The minimum Gasteiger partial charge on any atom is -0.478 e. The van der Waals surface area contributed by atoms with Crippen LogP contribution in [0, 0.1) is 6.92 Å². The van der Waals surface area contributed by atoms with Gasteiger partial charge in [-0.2, -0.15) is 4.98 Å². The minimum absolute atomic E-state index is 0.336. The second-order valence-corrected chi connectivity index (χ2v) is 8.61. The maximum atomic E-state index is 12.9. The number of anilines is 2. The molecule has 0 aliphatic carbocycles. The quantitative estimate of drug-likeness (QED) is 0.493. The van der Waals surface area contributed by atoms with Crippen LogP contribution in [0.4, 0.5) is 11.6 Å². The Morgan fingerprint density at radius 3 is 2.69 bits per heavy atom. The third-order valence-electron chi connectivity index (χ3n) is 5.54. The maximum absolute atomic E-state index is 12.9. The number of fused-ring (bicyclic) bond motifs is 2. The number of likely N-dealkylation sites (N-methyl/N-ethyl adjacent to an activating group) is 1. The number of carbonyl (C=O) groups is 1. The Morgan fingerprint density at radius 1 is 1.12 bits per heavy atom. The van der Waals surface area contributed by atoms with Gasteiger partial charge in [-0.25, -0.2) is 15.0 Å². The zero-order chi connectivity index (χ0) is 22.2. The number of hydrogen-bond donors (Lipinski definition) is 1. The molecule has 0 bridgehead atoms. The fourth-order valence-corrected chi connectivity index (χ4v) is 4.66. The van der Waals surface area contributed by atoms with E-state index >= 15 is 0 Å². The van der Waals surface area contributed by atoms with Crippen molar-refractivity contribution in [3.63, 3.8) is 0 Å². The molecule has 5 rings (SSSR count). The fraction of sp³-hybridized carbons (Fsp3) is 0.381. The van der Waals surface area contributed by atoms with E-state index in [1.807, 2.05) is 25.3 Å². The molecule has 4 aromatic heterocycles. The summed E-state index contributed by atoms with van der Waals surface area (Å²) in [5, 5.41) is 3.15. The molecule has 1 aliphatic rings. The molecule has 0 spiro atoms. The van der Waals surface area contributed by atoms with Gasteiger partial charge < -0.3 is 19.9 Å². The maximum Gasteiger partial charge on any atom is 0.285 e. The molecule has 4 aromatic rings. The molecule has 1 aliphatic heterocycles. The molecule has 0 radical (unpaired) electrons. The Labute approximate surface area is 188 Å². The van der Waals surface area contributed by atoms with E-state index in [4.69, 9.17) is 9.72 Å². The first-order valence-electron chi connectivity index (χ1n) is 10.5. The molecule has 0 atom stereocenters. The molecule has 0 saturated carbocycles. The molecular formula is C21H24N8O2S. The second-order valence-electron chi connectivity index (χ2n) is 7.64. The summed E-state index contributed by atoms with van der Waals surface area (Å²) in [6.07, 6.45) is 3.55. The van der Waals surface area contributed by atoms with E-state index in [1.54, 1.807) is 10.6 Å². The van der Waals surface area contributed by atoms with Crippen LogP contribution in [0.1, 0.15) is 22.4 Å². The zero-order valence-electron chi connectivity index (χ0n) is 18.2. The van der Waals surface area contributed by atoms with Gasteiger partial charge in [0.1, 0.15) is 16.2 Å². The van der Waals surface area contributed by atoms with E-state index in [2.05, 4.69) is 37.0 Å². The number of nitrogens with one attached hydrogen (secondary N) is 1. The number of piperazine rings is 1. The van der Waals surface area contributed by atoms with Crippen molar-refractivity contribution in [2.45, 2.75) is 13.8 Å². The van der Waals surface area contributed by atoms with Crippen LogP contribution in [0.2, 0.25) is 0 Å². The van der Waals surface area contributed by atoms with Crippen molar-refractivity contribution in [1.82, 2.24) is 29.2 Å². The molecule has 1 amide bonds. The van der Waals surface area contributed by atoms with Gasteiger partial charge in [-0.1, -0.05) is 18.3 Å². The molecule has 0 aromatic carbocycles. The Hall–Kier alpha value is -3.31. The third-order valence-corrected chi connectivity index (χ3v) is 6.50. The summed E-state index contributed by atoms with van der Waals surface area (Å²) in [5.41, 5.74) is 2.14. The summed E-state index contributed by atoms with van der Waals surface area (Å²) < 4.78 is 7.10. The lowest BCUT2D eigenvalue weighted by atomic mass is 10.3. The van der Waals surface area contributed by atoms with E-state index < -0.39 is 0 Å². The van der Waals surface area contributed by atoms with Crippen molar-refractivity contribution < 1.29 is 9.53 Å². The molecule has 1 N–H and O–H groups in total. The van der Waals surface area contributed by atoms with Crippen LogP contribution >= 0.6 is 11.3 Å². The van der Waals surface area contributed by atoms with Crippen LogP contribution in [0.15, 0.2) is 24.5 Å². The van der Waals surface area contributed by atoms with Gasteiger partial charge in [0.05, 0.1) is 19.0 Å². The summed E-state index contributed by atoms with van der Waals surface area (Å²) in [6.45, 7) is 9.10. The SMILES string of the molecule is CCN1CCN(c2ccc3nc(C(=O)Nc4cn5cc(C)nc5c(OC)n4)sc3n2)CC1. The van der Waals surface area contributed by atoms with Gasteiger partial charge in [0, 0.05) is 32.4 Å². The number of amides is 1. The molecular weight excluding hydrogens is 428 g/mol. The number of ether oxygens (including phenoxy) is 1. The average Bonchev–Trinajstić information content (AvgIpc) is 3.40. The van der Waals surface area contributed by atoms with Crippen molar-refractivity contribution in [3.8, 4) is 5.88 Å². The van der Waals surface area contributed by atoms with E-state index in [1.165, 1.54) is 18.4 Å². The molecule has 11 heteroatoms. The first-order chi connectivity index (χ1) is 15.5. The van der Waals surface area contributed by atoms with Crippen molar-refractivity contribution in [2.24, 2.45) is 0 Å². The summed E-state index contributed by atoms with van der Waals surface area (Å²) in [6, 6.07) is 3.91. The van der Waals surface area contributed by atoms with Crippen LogP contribution in [0.3, 0.4) is 0 Å². The highest BCUT2D eigenvalue weighted by Crippen LogP contribution is 2.25. The van der Waals surface area contributed by atoms with E-state index in [-0.39, 0.29) is 5.91 Å². The van der Waals surface area contributed by atoms with Gasteiger partial charge in [-0.05, 0) is 25.6 Å². The van der Waals surface area contributed by atoms with Crippen LogP contribution in [-0.4, -0.2) is 75.0 Å². The average molecular weight is 453 g/mol. The van der Waals surface area contributed by atoms with Crippen LogP contribution < -0.4 is 15.0 Å². The number of hydrogen-bond acceptors (Lipinski definition) is 9. The second kappa shape index (κ2) is 8.32. The number of methoxy groups -OCH3 is 1. The lowest BCUT2D eigenvalue weighted by Crippen LogP contribution is -2.46. The number of aromatic nitrogens is 5. The summed E-state index contributed by atoms with van der Waals surface area (Å²) in [5.74, 6) is 1.29. The highest BCUT2D eigenvalue weighted by molar-refractivity contribution is 7.20. The first-order valence-corrected chi connectivity index (χ1v) is 11.3. The third kappa shape index (κ3) is 3.84. The van der Waals surface area contributed by atoms with Gasteiger partial charge in [-0.15, -0.1) is 0 Å². The Bertz CT molecular complexity index is 1290. The van der Waals surface area contributed by atoms with E-state index in [0.717, 1.165) is 49.1 Å². The summed E-state index contributed by atoms with van der Waals surface area (Å²) in [4.78, 5) is 36.3. The summed E-state index contributed by atoms with van der Waals surface area (Å²) in [7, 11) is 1.52. The van der Waals surface area contributed by atoms with E-state index in [0.29, 0.717) is 27.9 Å². The van der Waals surface area contributed by atoms with Gasteiger partial charge in [0.2, 0.25) is 5.65 Å². The van der Waals surface area contributed by atoms with E-state index in [9.17, 15) is 4.79 Å². The topological polar surface area (TPSA) is 101 Å². The molecule has 1 fully saturated rings. The molecule has 166 valence electrons. The summed E-state index contributed by atoms with van der Waals surface area (Å²) >= 11 is 1.28. The van der Waals surface area contributed by atoms with Crippen LogP contribution in [0.5, 0.6) is 5.88 Å². The molecule has 0 unspecified atom stereocenters. The van der Waals surface area contributed by atoms with Crippen molar-refractivity contribution in [3.05, 3.63) is 35.2 Å². The Kier molecular flexibility index (Phi) is 5.35. The van der Waals surface area contributed by atoms with Crippen molar-refractivity contribution in [1.29, 1.82) is 0 Å². The highest BCUT2D eigenvalue weighted by Gasteiger charge is 2.20. The number of imidazole rings is 1. The first kappa shape index (κ1) is 20.6. The largest absolute Gasteiger partial charge is 0.478 e. The zero-order valence-corrected chi connectivity index (χ0v) is 19.0. The standard InChI is InChI=1S/C21H24N8O2S/c1-4-27-7-9-28(10-8-27)16-6-5-14-20(26-16)32-21(23-14)18(30)24-15-12-29-11-13(2)22-17(29)19(25-15)31-3/h5-6,11-12H,4,7-10H2,1-3H3,(H,24,30). The number of aryl methyl sites for hydroxylation is 1. The van der Waals surface area contributed by atoms with Crippen LogP contribution in [0.25, 0.3) is 16.0 Å².